The van der Waals surface area contributed by atoms with Gasteiger partial charge in [-0.3, -0.25) is 9.59 Å². The number of amides is 2. The summed E-state index contributed by atoms with van der Waals surface area (Å²) in [6, 6.07) is 15.3. The predicted octanol–water partition coefficient (Wildman–Crippen LogP) is 4.42. The minimum absolute atomic E-state index is 0.0146. The molecule has 2 atom stereocenters. The summed E-state index contributed by atoms with van der Waals surface area (Å²) in [5, 5.41) is 0. The number of methoxy groups -OCH3 is 1. The first kappa shape index (κ1) is 20.4. The van der Waals surface area contributed by atoms with Gasteiger partial charge in [0.25, 0.3) is 0 Å². The molecule has 0 aromatic heterocycles. The molecule has 0 bridgehead atoms. The SMILES string of the molecule is CCN(C(=O)C1CC(=O)N(c2ccccc2Br)C1)C(C)c1cccc(OC)c1. The molecule has 0 aliphatic carbocycles. The van der Waals surface area contributed by atoms with Gasteiger partial charge in [-0.2, -0.15) is 0 Å². The molecule has 6 heteroatoms. The number of carbonyl (C=O) groups is 2. The Kier molecular flexibility index (Phi) is 6.39. The summed E-state index contributed by atoms with van der Waals surface area (Å²) in [7, 11) is 1.63. The van der Waals surface area contributed by atoms with Crippen LogP contribution in [0.5, 0.6) is 5.75 Å². The van der Waals surface area contributed by atoms with E-state index in [1.807, 2.05) is 67.3 Å². The van der Waals surface area contributed by atoms with Crippen molar-refractivity contribution in [2.75, 3.05) is 25.1 Å². The van der Waals surface area contributed by atoms with Crippen LogP contribution in [0.1, 0.15) is 31.9 Å². The van der Waals surface area contributed by atoms with E-state index in [0.717, 1.165) is 21.5 Å². The molecule has 2 amide bonds. The molecular weight excluding hydrogens is 420 g/mol. The summed E-state index contributed by atoms with van der Waals surface area (Å²) < 4.78 is 6.16. The topological polar surface area (TPSA) is 49.9 Å². The van der Waals surface area contributed by atoms with Gasteiger partial charge < -0.3 is 14.5 Å². The van der Waals surface area contributed by atoms with Crippen molar-refractivity contribution in [2.45, 2.75) is 26.3 Å². The van der Waals surface area contributed by atoms with Gasteiger partial charge in [-0.1, -0.05) is 24.3 Å². The van der Waals surface area contributed by atoms with Crippen LogP contribution in [0.3, 0.4) is 0 Å². The van der Waals surface area contributed by atoms with Crippen LogP contribution >= 0.6 is 15.9 Å². The number of para-hydroxylation sites is 1. The maximum atomic E-state index is 13.3. The van der Waals surface area contributed by atoms with Gasteiger partial charge in [0.15, 0.2) is 0 Å². The van der Waals surface area contributed by atoms with Crippen LogP contribution in [0.15, 0.2) is 53.0 Å². The molecule has 1 fully saturated rings. The number of rotatable bonds is 6. The Hall–Kier alpha value is -2.34. The summed E-state index contributed by atoms with van der Waals surface area (Å²) in [5.41, 5.74) is 1.83. The molecule has 1 aliphatic rings. The Morgan fingerprint density at radius 1 is 1.29 bits per heavy atom. The fourth-order valence-electron chi connectivity index (χ4n) is 3.71. The van der Waals surface area contributed by atoms with E-state index in [1.54, 1.807) is 12.0 Å². The van der Waals surface area contributed by atoms with Crippen LogP contribution in [0, 0.1) is 5.92 Å². The molecule has 148 valence electrons. The number of hydrogen-bond acceptors (Lipinski definition) is 3. The lowest BCUT2D eigenvalue weighted by Crippen LogP contribution is -2.39. The Bertz CT molecular complexity index is 870. The second-order valence-electron chi connectivity index (χ2n) is 6.93. The Labute approximate surface area is 174 Å². The maximum absolute atomic E-state index is 13.3. The molecule has 3 rings (SSSR count). The fourth-order valence-corrected chi connectivity index (χ4v) is 4.21. The van der Waals surface area contributed by atoms with E-state index in [-0.39, 0.29) is 30.2 Å². The molecule has 28 heavy (non-hydrogen) atoms. The van der Waals surface area contributed by atoms with Crippen LogP contribution in [-0.2, 0) is 9.59 Å². The van der Waals surface area contributed by atoms with E-state index < -0.39 is 0 Å². The van der Waals surface area contributed by atoms with Crippen molar-refractivity contribution in [3.8, 4) is 5.75 Å². The summed E-state index contributed by atoms with van der Waals surface area (Å²) in [5.74, 6) is 0.424. The summed E-state index contributed by atoms with van der Waals surface area (Å²) in [6.07, 6.45) is 0.238. The van der Waals surface area contributed by atoms with Gasteiger partial charge >= 0.3 is 0 Å². The molecule has 1 heterocycles. The number of benzene rings is 2. The quantitative estimate of drug-likeness (QED) is 0.662. The highest BCUT2D eigenvalue weighted by atomic mass is 79.9. The normalized spacial score (nSPS) is 17.5. The van der Waals surface area contributed by atoms with E-state index in [9.17, 15) is 9.59 Å². The van der Waals surface area contributed by atoms with Crippen molar-refractivity contribution in [1.29, 1.82) is 0 Å². The molecule has 2 aromatic rings. The largest absolute Gasteiger partial charge is 0.497 e. The highest BCUT2D eigenvalue weighted by Crippen LogP contribution is 2.33. The van der Waals surface area contributed by atoms with Gasteiger partial charge in [0.2, 0.25) is 11.8 Å². The second-order valence-corrected chi connectivity index (χ2v) is 7.79. The smallest absolute Gasteiger partial charge is 0.228 e. The van der Waals surface area contributed by atoms with Gasteiger partial charge in [-0.05, 0) is 59.6 Å². The van der Waals surface area contributed by atoms with Gasteiger partial charge in [0, 0.05) is 24.0 Å². The molecule has 0 spiro atoms. The zero-order valence-corrected chi connectivity index (χ0v) is 18.0. The summed E-state index contributed by atoms with van der Waals surface area (Å²) >= 11 is 3.50. The molecule has 0 N–H and O–H groups in total. The van der Waals surface area contributed by atoms with E-state index in [4.69, 9.17) is 4.74 Å². The molecule has 0 radical (unpaired) electrons. The number of carbonyl (C=O) groups excluding carboxylic acids is 2. The van der Waals surface area contributed by atoms with Crippen molar-refractivity contribution in [1.82, 2.24) is 4.90 Å². The summed E-state index contributed by atoms with van der Waals surface area (Å²) in [6.45, 7) is 4.97. The lowest BCUT2D eigenvalue weighted by Gasteiger charge is -2.31. The first-order chi connectivity index (χ1) is 13.5. The van der Waals surface area contributed by atoms with Gasteiger partial charge in [0.1, 0.15) is 5.75 Å². The van der Waals surface area contributed by atoms with E-state index in [2.05, 4.69) is 15.9 Å². The average molecular weight is 445 g/mol. The van der Waals surface area contributed by atoms with Crippen molar-refractivity contribution < 1.29 is 14.3 Å². The standard InChI is InChI=1S/C22H25BrN2O3/c1-4-24(15(2)16-8-7-9-18(12-16)28-3)22(27)17-13-21(26)25(14-17)20-11-6-5-10-19(20)23/h5-12,15,17H,4,13-14H2,1-3H3. The second kappa shape index (κ2) is 8.78. The molecule has 2 unspecified atom stereocenters. The zero-order chi connectivity index (χ0) is 20.3. The molecular formula is C22H25BrN2O3. The number of ether oxygens (including phenoxy) is 1. The van der Waals surface area contributed by atoms with Crippen LogP contribution in [-0.4, -0.2) is 36.9 Å². The fraction of sp³-hybridized carbons (Fsp3) is 0.364. The van der Waals surface area contributed by atoms with E-state index >= 15 is 0 Å². The van der Waals surface area contributed by atoms with Crippen molar-refractivity contribution in [3.63, 3.8) is 0 Å². The molecule has 2 aromatic carbocycles. The highest BCUT2D eigenvalue weighted by Gasteiger charge is 2.38. The van der Waals surface area contributed by atoms with Crippen LogP contribution in [0.4, 0.5) is 5.69 Å². The molecule has 0 saturated carbocycles. The Balaban J connectivity index is 1.78. The van der Waals surface area contributed by atoms with Crippen LogP contribution < -0.4 is 9.64 Å². The lowest BCUT2D eigenvalue weighted by atomic mass is 10.0. The zero-order valence-electron chi connectivity index (χ0n) is 16.4. The minimum Gasteiger partial charge on any atom is -0.497 e. The number of nitrogens with zero attached hydrogens (tertiary/aromatic N) is 2. The monoisotopic (exact) mass is 444 g/mol. The summed E-state index contributed by atoms with van der Waals surface area (Å²) in [4.78, 5) is 29.4. The van der Waals surface area contributed by atoms with Gasteiger partial charge in [0.05, 0.1) is 24.8 Å². The first-order valence-corrected chi connectivity index (χ1v) is 10.2. The first-order valence-electron chi connectivity index (χ1n) is 9.45. The van der Waals surface area contributed by atoms with E-state index in [0.29, 0.717) is 13.1 Å². The van der Waals surface area contributed by atoms with Crippen LogP contribution in [0.25, 0.3) is 0 Å². The Morgan fingerprint density at radius 2 is 2.04 bits per heavy atom. The molecule has 5 nitrogen and oxygen atoms in total. The number of anilines is 1. The maximum Gasteiger partial charge on any atom is 0.228 e. The lowest BCUT2D eigenvalue weighted by molar-refractivity contribution is -0.137. The highest BCUT2D eigenvalue weighted by molar-refractivity contribution is 9.10. The van der Waals surface area contributed by atoms with Crippen molar-refractivity contribution in [2.24, 2.45) is 5.92 Å². The number of hydrogen-bond donors (Lipinski definition) is 0. The third kappa shape index (κ3) is 4.07. The predicted molar refractivity (Wildman–Crippen MR) is 113 cm³/mol. The van der Waals surface area contributed by atoms with Gasteiger partial charge in [-0.25, -0.2) is 0 Å². The van der Waals surface area contributed by atoms with Crippen molar-refractivity contribution >= 4 is 33.4 Å². The minimum atomic E-state index is -0.340. The third-order valence-electron chi connectivity index (χ3n) is 5.28. The van der Waals surface area contributed by atoms with Gasteiger partial charge in [-0.15, -0.1) is 0 Å². The Morgan fingerprint density at radius 3 is 2.71 bits per heavy atom. The number of halogens is 1. The molecule has 1 aliphatic heterocycles. The van der Waals surface area contributed by atoms with E-state index in [1.165, 1.54) is 0 Å². The van der Waals surface area contributed by atoms with Crippen molar-refractivity contribution in [3.05, 3.63) is 58.6 Å². The average Bonchev–Trinajstić information content (AvgIpc) is 3.10. The molecule has 1 saturated heterocycles. The third-order valence-corrected chi connectivity index (χ3v) is 5.96. The van der Waals surface area contributed by atoms with Crippen LogP contribution in [0.2, 0.25) is 0 Å².